The van der Waals surface area contributed by atoms with Gasteiger partial charge in [0.15, 0.2) is 0 Å². The van der Waals surface area contributed by atoms with Crippen LogP contribution in [0.25, 0.3) is 0 Å². The van der Waals surface area contributed by atoms with Gasteiger partial charge in [-0.05, 0) is 18.4 Å². The quantitative estimate of drug-likeness (QED) is 0.905. The number of carbonyl (C=O) groups excluding carboxylic acids is 1. The predicted octanol–water partition coefficient (Wildman–Crippen LogP) is 2.54. The van der Waals surface area contributed by atoms with Crippen LogP contribution in [-0.2, 0) is 11.0 Å². The Hall–Kier alpha value is -1.56. The first-order valence-corrected chi connectivity index (χ1v) is 6.60. The minimum atomic E-state index is -4.41. The summed E-state index contributed by atoms with van der Waals surface area (Å²) in [5, 5.41) is 2.90. The molecule has 0 radical (unpaired) electrons. The normalized spacial score (nSPS) is 29.9. The molecular weight excluding hydrogens is 269 g/mol. The molecule has 6 heteroatoms. The number of nitrogens with one attached hydrogen (secondary N) is 1. The van der Waals surface area contributed by atoms with E-state index in [1.54, 1.807) is 11.0 Å². The van der Waals surface area contributed by atoms with Crippen LogP contribution in [0.1, 0.15) is 30.6 Å². The van der Waals surface area contributed by atoms with Gasteiger partial charge in [-0.25, -0.2) is 0 Å². The van der Waals surface area contributed by atoms with E-state index in [9.17, 15) is 18.0 Å². The Morgan fingerprint density at radius 2 is 1.95 bits per heavy atom. The summed E-state index contributed by atoms with van der Waals surface area (Å²) < 4.78 is 39.3. The van der Waals surface area contributed by atoms with E-state index in [2.05, 4.69) is 5.32 Å². The van der Waals surface area contributed by atoms with Crippen molar-refractivity contribution in [2.24, 2.45) is 5.92 Å². The van der Waals surface area contributed by atoms with Crippen molar-refractivity contribution in [1.29, 1.82) is 0 Å². The summed E-state index contributed by atoms with van der Waals surface area (Å²) in [6, 6.07) is 5.51. The zero-order valence-corrected chi connectivity index (χ0v) is 10.9. The van der Waals surface area contributed by atoms with Crippen molar-refractivity contribution in [1.82, 2.24) is 10.2 Å². The van der Waals surface area contributed by atoms with Crippen LogP contribution in [0.5, 0.6) is 0 Å². The molecule has 1 saturated carbocycles. The van der Waals surface area contributed by atoms with Crippen molar-refractivity contribution < 1.29 is 18.0 Å². The number of benzene rings is 1. The SMILES string of the molecule is CC1CC1N1C(=O)CNC1c1ccccc1C(F)(F)F. The highest BCUT2D eigenvalue weighted by Gasteiger charge is 2.48. The van der Waals surface area contributed by atoms with Crippen LogP contribution >= 0.6 is 0 Å². The maximum Gasteiger partial charge on any atom is 0.416 e. The van der Waals surface area contributed by atoms with Crippen molar-refractivity contribution >= 4 is 5.91 Å². The van der Waals surface area contributed by atoms with E-state index in [1.165, 1.54) is 12.1 Å². The summed E-state index contributed by atoms with van der Waals surface area (Å²) in [5.41, 5.74) is -0.546. The van der Waals surface area contributed by atoms with Crippen molar-refractivity contribution in [3.05, 3.63) is 35.4 Å². The molecule has 3 atom stereocenters. The summed E-state index contributed by atoms with van der Waals surface area (Å²) in [4.78, 5) is 13.5. The summed E-state index contributed by atoms with van der Waals surface area (Å²) in [5.74, 6) is 0.237. The number of carbonyl (C=O) groups is 1. The van der Waals surface area contributed by atoms with Crippen molar-refractivity contribution in [3.63, 3.8) is 0 Å². The fourth-order valence-electron chi connectivity index (χ4n) is 2.84. The Kier molecular flexibility index (Phi) is 3.01. The highest BCUT2D eigenvalue weighted by atomic mass is 19.4. The molecule has 0 bridgehead atoms. The minimum absolute atomic E-state index is 0.0591. The zero-order valence-electron chi connectivity index (χ0n) is 10.9. The van der Waals surface area contributed by atoms with Crippen LogP contribution in [0.2, 0.25) is 0 Å². The molecule has 0 spiro atoms. The second-order valence-corrected chi connectivity index (χ2v) is 5.45. The molecule has 1 saturated heterocycles. The second-order valence-electron chi connectivity index (χ2n) is 5.45. The Balaban J connectivity index is 1.98. The first-order chi connectivity index (χ1) is 9.39. The van der Waals surface area contributed by atoms with Crippen LogP contribution in [0.4, 0.5) is 13.2 Å². The van der Waals surface area contributed by atoms with E-state index in [1.807, 2.05) is 6.92 Å². The topological polar surface area (TPSA) is 32.3 Å². The van der Waals surface area contributed by atoms with Gasteiger partial charge in [0.2, 0.25) is 5.91 Å². The number of halogens is 3. The maximum absolute atomic E-state index is 13.1. The number of hydrogen-bond acceptors (Lipinski definition) is 2. The van der Waals surface area contributed by atoms with E-state index in [4.69, 9.17) is 0 Å². The maximum atomic E-state index is 13.1. The Morgan fingerprint density at radius 1 is 1.30 bits per heavy atom. The van der Waals surface area contributed by atoms with E-state index >= 15 is 0 Å². The fraction of sp³-hybridized carbons (Fsp3) is 0.500. The molecule has 1 aliphatic heterocycles. The van der Waals surface area contributed by atoms with E-state index < -0.39 is 17.9 Å². The molecule has 3 unspecified atom stereocenters. The van der Waals surface area contributed by atoms with Gasteiger partial charge in [0.25, 0.3) is 0 Å². The smallest absolute Gasteiger partial charge is 0.319 e. The molecule has 1 aliphatic carbocycles. The molecule has 2 aliphatic rings. The molecule has 20 heavy (non-hydrogen) atoms. The van der Waals surface area contributed by atoms with Gasteiger partial charge in [-0.15, -0.1) is 0 Å². The van der Waals surface area contributed by atoms with Crippen molar-refractivity contribution in [2.45, 2.75) is 31.7 Å². The summed E-state index contributed by atoms with van der Waals surface area (Å²) in [6.45, 7) is 2.10. The van der Waals surface area contributed by atoms with E-state index in [0.29, 0.717) is 5.92 Å². The molecule has 1 heterocycles. The average Bonchev–Trinajstić information content (AvgIpc) is 2.96. The van der Waals surface area contributed by atoms with E-state index in [0.717, 1.165) is 12.5 Å². The Bertz CT molecular complexity index is 543. The van der Waals surface area contributed by atoms with Crippen LogP contribution in [-0.4, -0.2) is 23.4 Å². The first-order valence-electron chi connectivity index (χ1n) is 6.60. The monoisotopic (exact) mass is 284 g/mol. The lowest BCUT2D eigenvalue weighted by Crippen LogP contribution is -2.34. The summed E-state index contributed by atoms with van der Waals surface area (Å²) in [7, 11) is 0. The average molecular weight is 284 g/mol. The molecule has 1 aromatic carbocycles. The van der Waals surface area contributed by atoms with Gasteiger partial charge in [-0.3, -0.25) is 10.1 Å². The van der Waals surface area contributed by atoms with Crippen molar-refractivity contribution in [2.75, 3.05) is 6.54 Å². The fourth-order valence-corrected chi connectivity index (χ4v) is 2.84. The van der Waals surface area contributed by atoms with Gasteiger partial charge in [0, 0.05) is 11.6 Å². The van der Waals surface area contributed by atoms with Crippen LogP contribution in [0, 0.1) is 5.92 Å². The first kappa shape index (κ1) is 13.4. The molecule has 2 fully saturated rings. The molecule has 3 rings (SSSR count). The lowest BCUT2D eigenvalue weighted by atomic mass is 10.0. The number of alkyl halides is 3. The molecule has 1 amide bonds. The highest BCUT2D eigenvalue weighted by Crippen LogP contribution is 2.43. The molecule has 3 nitrogen and oxygen atoms in total. The number of amides is 1. The molecule has 108 valence electrons. The zero-order chi connectivity index (χ0) is 14.5. The highest BCUT2D eigenvalue weighted by molar-refractivity contribution is 5.81. The Labute approximate surface area is 114 Å². The van der Waals surface area contributed by atoms with Gasteiger partial charge in [0.05, 0.1) is 12.1 Å². The van der Waals surface area contributed by atoms with Crippen LogP contribution in [0.15, 0.2) is 24.3 Å². The molecule has 1 N–H and O–H groups in total. The number of rotatable bonds is 2. The van der Waals surface area contributed by atoms with Gasteiger partial charge in [0.1, 0.15) is 6.17 Å². The molecular formula is C14H15F3N2O. The van der Waals surface area contributed by atoms with Gasteiger partial charge < -0.3 is 4.90 Å². The van der Waals surface area contributed by atoms with Crippen LogP contribution in [0.3, 0.4) is 0 Å². The Morgan fingerprint density at radius 3 is 2.55 bits per heavy atom. The summed E-state index contributed by atoms with van der Waals surface area (Å²) in [6.07, 6.45) is -4.22. The summed E-state index contributed by atoms with van der Waals surface area (Å²) >= 11 is 0. The van der Waals surface area contributed by atoms with Gasteiger partial charge in [-0.2, -0.15) is 13.2 Å². The third-order valence-electron chi connectivity index (χ3n) is 4.00. The lowest BCUT2D eigenvalue weighted by Gasteiger charge is -2.27. The van der Waals surface area contributed by atoms with Gasteiger partial charge in [-0.1, -0.05) is 25.1 Å². The third-order valence-corrected chi connectivity index (χ3v) is 4.00. The lowest BCUT2D eigenvalue weighted by molar-refractivity contribution is -0.139. The molecule has 1 aromatic rings. The van der Waals surface area contributed by atoms with Crippen molar-refractivity contribution in [3.8, 4) is 0 Å². The third kappa shape index (κ3) is 2.18. The number of nitrogens with zero attached hydrogens (tertiary/aromatic N) is 1. The largest absolute Gasteiger partial charge is 0.416 e. The minimum Gasteiger partial charge on any atom is -0.319 e. The number of hydrogen-bond donors (Lipinski definition) is 1. The van der Waals surface area contributed by atoms with Crippen LogP contribution < -0.4 is 5.32 Å². The standard InChI is InChI=1S/C14H15F3N2O/c1-8-6-11(8)19-12(20)7-18-13(19)9-4-2-3-5-10(9)14(15,16)17/h2-5,8,11,13,18H,6-7H2,1H3. The van der Waals surface area contributed by atoms with Gasteiger partial charge >= 0.3 is 6.18 Å². The second kappa shape index (κ2) is 4.48. The van der Waals surface area contributed by atoms with E-state index in [-0.39, 0.29) is 24.1 Å². The molecule has 0 aromatic heterocycles. The predicted molar refractivity (Wildman–Crippen MR) is 66.6 cm³/mol.